The Morgan fingerprint density at radius 3 is 2.71 bits per heavy atom. The molecule has 5 nitrogen and oxygen atoms in total. The van der Waals surface area contributed by atoms with Gasteiger partial charge in [-0.1, -0.05) is 18.2 Å². The normalized spacial score (nSPS) is 16.6. The second-order valence-corrected chi connectivity index (χ2v) is 5.53. The van der Waals surface area contributed by atoms with Crippen molar-refractivity contribution >= 4 is 11.7 Å². The van der Waals surface area contributed by atoms with Crippen LogP contribution in [-0.4, -0.2) is 25.3 Å². The number of anilines is 1. The predicted molar refractivity (Wildman–Crippen MR) is 88.6 cm³/mol. The van der Waals surface area contributed by atoms with E-state index in [9.17, 15) is 9.18 Å². The molecule has 0 aromatic heterocycles. The number of ether oxygens (including phenoxy) is 2. The molecule has 24 heavy (non-hydrogen) atoms. The molecule has 2 aromatic rings. The Morgan fingerprint density at radius 1 is 1.21 bits per heavy atom. The van der Waals surface area contributed by atoms with E-state index >= 15 is 0 Å². The molecule has 0 aliphatic carbocycles. The fourth-order valence-corrected chi connectivity index (χ4v) is 2.41. The summed E-state index contributed by atoms with van der Waals surface area (Å²) in [5.41, 5.74) is 1.08. The first-order chi connectivity index (χ1) is 11.7. The second-order valence-electron chi connectivity index (χ2n) is 5.53. The van der Waals surface area contributed by atoms with Crippen molar-refractivity contribution in [1.29, 1.82) is 0 Å². The molecule has 1 saturated heterocycles. The Balaban J connectivity index is 1.48. The number of nitrogens with one attached hydrogen (secondary N) is 2. The van der Waals surface area contributed by atoms with E-state index in [1.807, 2.05) is 0 Å². The molecule has 2 amide bonds. The standard InChI is InChI=1S/C18H19FN2O3/c19-17-4-2-1-3-13(17)11-20-18(22)21-14-5-7-15(8-6-14)24-16-9-10-23-12-16/h1-8,16H,9-12H2,(H2,20,21,22)/t16-/m0/s1. The maximum Gasteiger partial charge on any atom is 0.319 e. The number of urea groups is 1. The van der Waals surface area contributed by atoms with E-state index in [0.29, 0.717) is 17.9 Å². The molecule has 126 valence electrons. The molecular formula is C18H19FN2O3. The van der Waals surface area contributed by atoms with E-state index < -0.39 is 6.03 Å². The maximum atomic E-state index is 13.5. The molecule has 1 aliphatic heterocycles. The third kappa shape index (κ3) is 4.45. The summed E-state index contributed by atoms with van der Waals surface area (Å²) in [6, 6.07) is 13.1. The average Bonchev–Trinajstić information content (AvgIpc) is 3.09. The molecule has 0 spiro atoms. The molecule has 1 aliphatic rings. The summed E-state index contributed by atoms with van der Waals surface area (Å²) >= 11 is 0. The van der Waals surface area contributed by atoms with Gasteiger partial charge in [0.15, 0.2) is 0 Å². The van der Waals surface area contributed by atoms with Crippen LogP contribution in [0.25, 0.3) is 0 Å². The molecule has 0 radical (unpaired) electrons. The fourth-order valence-electron chi connectivity index (χ4n) is 2.41. The van der Waals surface area contributed by atoms with Crippen LogP contribution in [-0.2, 0) is 11.3 Å². The summed E-state index contributed by atoms with van der Waals surface area (Å²) in [5.74, 6) is 0.401. The van der Waals surface area contributed by atoms with Gasteiger partial charge in [-0.15, -0.1) is 0 Å². The molecule has 2 aromatic carbocycles. The summed E-state index contributed by atoms with van der Waals surface area (Å²) in [6.45, 7) is 1.46. The molecule has 6 heteroatoms. The summed E-state index contributed by atoms with van der Waals surface area (Å²) in [6.07, 6.45) is 0.978. The van der Waals surface area contributed by atoms with Crippen molar-refractivity contribution in [2.24, 2.45) is 0 Å². The molecule has 0 bridgehead atoms. The Hall–Kier alpha value is -2.60. The highest BCUT2D eigenvalue weighted by molar-refractivity contribution is 5.89. The number of hydrogen-bond acceptors (Lipinski definition) is 3. The Kier molecular flexibility index (Phi) is 5.28. The molecule has 2 N–H and O–H groups in total. The van der Waals surface area contributed by atoms with E-state index in [2.05, 4.69) is 10.6 Å². The van der Waals surface area contributed by atoms with Gasteiger partial charge in [0.2, 0.25) is 0 Å². The lowest BCUT2D eigenvalue weighted by atomic mass is 10.2. The van der Waals surface area contributed by atoms with Crippen LogP contribution in [0.15, 0.2) is 48.5 Å². The largest absolute Gasteiger partial charge is 0.488 e. The highest BCUT2D eigenvalue weighted by Crippen LogP contribution is 2.19. The average molecular weight is 330 g/mol. The van der Waals surface area contributed by atoms with Gasteiger partial charge in [0.05, 0.1) is 13.2 Å². The van der Waals surface area contributed by atoms with Crippen LogP contribution in [0.5, 0.6) is 5.75 Å². The Morgan fingerprint density at radius 2 is 2.00 bits per heavy atom. The van der Waals surface area contributed by atoms with E-state index in [0.717, 1.165) is 18.8 Å². The van der Waals surface area contributed by atoms with Crippen molar-refractivity contribution in [2.75, 3.05) is 18.5 Å². The number of hydrogen-bond donors (Lipinski definition) is 2. The Bertz CT molecular complexity index is 685. The van der Waals surface area contributed by atoms with Gasteiger partial charge in [0.25, 0.3) is 0 Å². The van der Waals surface area contributed by atoms with Gasteiger partial charge in [-0.2, -0.15) is 0 Å². The van der Waals surface area contributed by atoms with E-state index in [1.165, 1.54) is 6.07 Å². The van der Waals surface area contributed by atoms with Crippen molar-refractivity contribution in [2.45, 2.75) is 19.1 Å². The minimum atomic E-state index is -0.392. The van der Waals surface area contributed by atoms with Crippen LogP contribution in [0.4, 0.5) is 14.9 Å². The minimum Gasteiger partial charge on any atom is -0.488 e. The van der Waals surface area contributed by atoms with Crippen LogP contribution in [0, 0.1) is 5.82 Å². The van der Waals surface area contributed by atoms with Crippen molar-refractivity contribution in [3.05, 3.63) is 59.9 Å². The monoisotopic (exact) mass is 330 g/mol. The number of carbonyl (C=O) groups excluding carboxylic acids is 1. The molecule has 0 saturated carbocycles. The third-order valence-electron chi connectivity index (χ3n) is 3.70. The number of halogens is 1. The topological polar surface area (TPSA) is 59.6 Å². The third-order valence-corrected chi connectivity index (χ3v) is 3.70. The zero-order chi connectivity index (χ0) is 16.8. The lowest BCUT2D eigenvalue weighted by Gasteiger charge is -2.12. The molecule has 3 rings (SSSR count). The molecule has 1 fully saturated rings. The quantitative estimate of drug-likeness (QED) is 0.884. The number of benzene rings is 2. The highest BCUT2D eigenvalue weighted by atomic mass is 19.1. The van der Waals surface area contributed by atoms with E-state index in [-0.39, 0.29) is 18.5 Å². The molecule has 1 atom stereocenters. The summed E-state index contributed by atoms with van der Waals surface area (Å²) in [4.78, 5) is 11.9. The van der Waals surface area contributed by atoms with Gasteiger partial charge in [-0.05, 0) is 30.3 Å². The molecule has 0 unspecified atom stereocenters. The van der Waals surface area contributed by atoms with Crippen LogP contribution in [0.2, 0.25) is 0 Å². The van der Waals surface area contributed by atoms with Gasteiger partial charge in [0.1, 0.15) is 17.7 Å². The van der Waals surface area contributed by atoms with Gasteiger partial charge in [0, 0.05) is 24.2 Å². The lowest BCUT2D eigenvalue weighted by molar-refractivity contribution is 0.141. The van der Waals surface area contributed by atoms with Crippen LogP contribution in [0.1, 0.15) is 12.0 Å². The predicted octanol–water partition coefficient (Wildman–Crippen LogP) is 3.32. The van der Waals surface area contributed by atoms with Gasteiger partial charge < -0.3 is 20.1 Å². The fraction of sp³-hybridized carbons (Fsp3) is 0.278. The van der Waals surface area contributed by atoms with Crippen LogP contribution >= 0.6 is 0 Å². The summed E-state index contributed by atoms with van der Waals surface area (Å²) < 4.78 is 24.5. The van der Waals surface area contributed by atoms with Crippen LogP contribution in [0.3, 0.4) is 0 Å². The van der Waals surface area contributed by atoms with Gasteiger partial charge in [-0.25, -0.2) is 9.18 Å². The van der Waals surface area contributed by atoms with Crippen molar-refractivity contribution < 1.29 is 18.7 Å². The maximum absolute atomic E-state index is 13.5. The minimum absolute atomic E-state index is 0.0906. The van der Waals surface area contributed by atoms with Crippen molar-refractivity contribution in [3.8, 4) is 5.75 Å². The second kappa shape index (κ2) is 7.79. The summed E-state index contributed by atoms with van der Waals surface area (Å²) in [5, 5.41) is 5.32. The summed E-state index contributed by atoms with van der Waals surface area (Å²) in [7, 11) is 0. The van der Waals surface area contributed by atoms with Crippen molar-refractivity contribution in [1.82, 2.24) is 5.32 Å². The van der Waals surface area contributed by atoms with Gasteiger partial charge in [-0.3, -0.25) is 0 Å². The van der Waals surface area contributed by atoms with E-state index in [4.69, 9.17) is 9.47 Å². The molecular weight excluding hydrogens is 311 g/mol. The van der Waals surface area contributed by atoms with Crippen LogP contribution < -0.4 is 15.4 Å². The molecule has 1 heterocycles. The smallest absolute Gasteiger partial charge is 0.319 e. The number of amides is 2. The van der Waals surface area contributed by atoms with Gasteiger partial charge >= 0.3 is 6.03 Å². The SMILES string of the molecule is O=C(NCc1ccccc1F)Nc1ccc(O[C@H]2CCOC2)cc1. The Labute approximate surface area is 139 Å². The first-order valence-electron chi connectivity index (χ1n) is 7.83. The zero-order valence-electron chi connectivity index (χ0n) is 13.1. The highest BCUT2D eigenvalue weighted by Gasteiger charge is 2.16. The van der Waals surface area contributed by atoms with E-state index in [1.54, 1.807) is 42.5 Å². The zero-order valence-corrected chi connectivity index (χ0v) is 13.1. The lowest BCUT2D eigenvalue weighted by Crippen LogP contribution is -2.28. The first kappa shape index (κ1) is 16.3. The number of carbonyl (C=O) groups is 1. The van der Waals surface area contributed by atoms with Crippen molar-refractivity contribution in [3.63, 3.8) is 0 Å². The number of rotatable bonds is 5. The first-order valence-corrected chi connectivity index (χ1v) is 7.83.